The maximum Gasteiger partial charge on any atom is 0.140 e. The lowest BCUT2D eigenvalue weighted by molar-refractivity contribution is 0.126. The molecule has 90 valence electrons. The molecule has 0 atom stereocenters. The van der Waals surface area contributed by atoms with Crippen molar-refractivity contribution in [3.8, 4) is 0 Å². The van der Waals surface area contributed by atoms with Crippen LogP contribution in [0.25, 0.3) is 11.0 Å². The molecule has 0 N–H and O–H groups in total. The Balaban J connectivity index is 1.76. The quantitative estimate of drug-likeness (QED) is 0.776. The third kappa shape index (κ3) is 2.18. The molecule has 2 aromatic heterocycles. The van der Waals surface area contributed by atoms with E-state index in [1.165, 1.54) is 5.39 Å². The largest absolute Gasteiger partial charge is 0.319 e. The van der Waals surface area contributed by atoms with Gasteiger partial charge in [0.25, 0.3) is 0 Å². The third-order valence-electron chi connectivity index (χ3n) is 3.47. The van der Waals surface area contributed by atoms with Gasteiger partial charge in [0.05, 0.1) is 6.67 Å². The van der Waals surface area contributed by atoms with Crippen LogP contribution in [0.3, 0.4) is 0 Å². The molecule has 1 aliphatic rings. The minimum Gasteiger partial charge on any atom is -0.319 e. The summed E-state index contributed by atoms with van der Waals surface area (Å²) < 4.78 is 2.24. The zero-order valence-electron chi connectivity index (χ0n) is 10.2. The summed E-state index contributed by atoms with van der Waals surface area (Å²) in [6.45, 7) is 5.56. The van der Waals surface area contributed by atoms with Crippen molar-refractivity contribution in [2.24, 2.45) is 0 Å². The molecule has 0 bridgehead atoms. The van der Waals surface area contributed by atoms with E-state index in [-0.39, 0.29) is 0 Å². The normalized spacial score (nSPS) is 18.9. The minimum atomic E-state index is 0.953. The van der Waals surface area contributed by atoms with Crippen molar-refractivity contribution in [2.75, 3.05) is 33.2 Å². The summed E-state index contributed by atoms with van der Waals surface area (Å²) in [5.74, 6) is 0. The highest BCUT2D eigenvalue weighted by molar-refractivity contribution is 5.75. The van der Waals surface area contributed by atoms with E-state index in [9.17, 15) is 0 Å². The molecule has 0 unspecified atom stereocenters. The molecule has 17 heavy (non-hydrogen) atoms. The van der Waals surface area contributed by atoms with E-state index in [0.717, 1.165) is 38.5 Å². The van der Waals surface area contributed by atoms with Crippen LogP contribution < -0.4 is 0 Å². The van der Waals surface area contributed by atoms with E-state index in [1.807, 2.05) is 12.3 Å². The van der Waals surface area contributed by atoms with Crippen molar-refractivity contribution in [2.45, 2.75) is 6.67 Å². The number of nitrogens with zero attached hydrogens (tertiary/aromatic N) is 4. The SMILES string of the molecule is CN1CCN(Cn2ccc3cccnc32)CC1. The average molecular weight is 230 g/mol. The smallest absolute Gasteiger partial charge is 0.140 e. The van der Waals surface area contributed by atoms with E-state index in [0.29, 0.717) is 0 Å². The Morgan fingerprint density at radius 1 is 1.18 bits per heavy atom. The Morgan fingerprint density at radius 3 is 2.82 bits per heavy atom. The summed E-state index contributed by atoms with van der Waals surface area (Å²) in [6.07, 6.45) is 4.00. The fourth-order valence-corrected chi connectivity index (χ4v) is 2.34. The van der Waals surface area contributed by atoms with Crippen LogP contribution in [0.2, 0.25) is 0 Å². The van der Waals surface area contributed by atoms with Crippen molar-refractivity contribution < 1.29 is 0 Å². The first-order valence-corrected chi connectivity index (χ1v) is 6.14. The van der Waals surface area contributed by atoms with Crippen LogP contribution in [0.1, 0.15) is 0 Å². The lowest BCUT2D eigenvalue weighted by Gasteiger charge is -2.32. The molecule has 0 aromatic carbocycles. The Hall–Kier alpha value is -1.39. The summed E-state index contributed by atoms with van der Waals surface area (Å²) in [5.41, 5.74) is 1.09. The Kier molecular flexibility index (Phi) is 2.82. The Morgan fingerprint density at radius 2 is 2.00 bits per heavy atom. The van der Waals surface area contributed by atoms with Gasteiger partial charge >= 0.3 is 0 Å². The van der Waals surface area contributed by atoms with Gasteiger partial charge in [-0.05, 0) is 25.2 Å². The number of likely N-dealkylation sites (N-methyl/N-ethyl adjacent to an activating group) is 1. The molecule has 2 aromatic rings. The topological polar surface area (TPSA) is 24.3 Å². The molecule has 0 spiro atoms. The standard InChI is InChI=1S/C13H18N4/c1-15-7-9-16(10-8-15)11-17-6-4-12-3-2-5-14-13(12)17/h2-6H,7-11H2,1H3. The van der Waals surface area contributed by atoms with Crippen molar-refractivity contribution in [1.29, 1.82) is 0 Å². The molecule has 1 saturated heterocycles. The Labute approximate surface area is 101 Å². The summed E-state index contributed by atoms with van der Waals surface area (Å²) in [4.78, 5) is 9.31. The number of aromatic nitrogens is 2. The van der Waals surface area contributed by atoms with Crippen LogP contribution >= 0.6 is 0 Å². The highest BCUT2D eigenvalue weighted by Crippen LogP contribution is 2.13. The highest BCUT2D eigenvalue weighted by Gasteiger charge is 2.14. The molecular formula is C13H18N4. The van der Waals surface area contributed by atoms with E-state index >= 15 is 0 Å². The maximum absolute atomic E-state index is 4.45. The van der Waals surface area contributed by atoms with Gasteiger partial charge in [-0.25, -0.2) is 4.98 Å². The first-order chi connectivity index (χ1) is 8.33. The fraction of sp³-hybridized carbons (Fsp3) is 0.462. The molecule has 4 heteroatoms. The van der Waals surface area contributed by atoms with Gasteiger partial charge in [0, 0.05) is 44.0 Å². The molecular weight excluding hydrogens is 212 g/mol. The summed E-state index contributed by atoms with van der Waals surface area (Å²) >= 11 is 0. The molecule has 0 aliphatic carbocycles. The molecule has 4 nitrogen and oxygen atoms in total. The van der Waals surface area contributed by atoms with E-state index < -0.39 is 0 Å². The lowest BCUT2D eigenvalue weighted by atomic mass is 10.3. The van der Waals surface area contributed by atoms with Gasteiger partial charge in [0.15, 0.2) is 0 Å². The van der Waals surface area contributed by atoms with Gasteiger partial charge in [-0.3, -0.25) is 4.90 Å². The monoisotopic (exact) mass is 230 g/mol. The molecule has 1 aliphatic heterocycles. The second-order valence-corrected chi connectivity index (χ2v) is 4.76. The van der Waals surface area contributed by atoms with E-state index in [1.54, 1.807) is 0 Å². The van der Waals surface area contributed by atoms with Crippen LogP contribution in [0.5, 0.6) is 0 Å². The molecule has 1 fully saturated rings. The van der Waals surface area contributed by atoms with Crippen LogP contribution in [0.15, 0.2) is 30.6 Å². The van der Waals surface area contributed by atoms with E-state index in [4.69, 9.17) is 0 Å². The third-order valence-corrected chi connectivity index (χ3v) is 3.47. The van der Waals surface area contributed by atoms with Gasteiger partial charge < -0.3 is 9.47 Å². The van der Waals surface area contributed by atoms with Gasteiger partial charge in [0.1, 0.15) is 5.65 Å². The zero-order valence-corrected chi connectivity index (χ0v) is 10.2. The predicted octanol–water partition coefficient (Wildman–Crippen LogP) is 1.24. The number of fused-ring (bicyclic) bond motifs is 1. The maximum atomic E-state index is 4.45. The van der Waals surface area contributed by atoms with Crippen molar-refractivity contribution in [3.05, 3.63) is 30.6 Å². The first kappa shape index (κ1) is 10.7. The van der Waals surface area contributed by atoms with Crippen molar-refractivity contribution in [1.82, 2.24) is 19.4 Å². The van der Waals surface area contributed by atoms with Gasteiger partial charge in [-0.15, -0.1) is 0 Å². The number of hydrogen-bond donors (Lipinski definition) is 0. The highest BCUT2D eigenvalue weighted by atomic mass is 15.3. The van der Waals surface area contributed by atoms with E-state index in [2.05, 4.69) is 44.7 Å². The molecule has 0 saturated carbocycles. The molecule has 3 rings (SSSR count). The second kappa shape index (κ2) is 4.47. The first-order valence-electron chi connectivity index (χ1n) is 6.14. The number of hydrogen-bond acceptors (Lipinski definition) is 3. The molecule has 3 heterocycles. The molecule has 0 radical (unpaired) electrons. The van der Waals surface area contributed by atoms with Gasteiger partial charge in [-0.1, -0.05) is 0 Å². The summed E-state index contributed by atoms with van der Waals surface area (Å²) in [5, 5.41) is 1.22. The average Bonchev–Trinajstić information content (AvgIpc) is 2.76. The predicted molar refractivity (Wildman–Crippen MR) is 68.8 cm³/mol. The zero-order chi connectivity index (χ0) is 11.7. The molecule has 0 amide bonds. The number of pyridine rings is 1. The second-order valence-electron chi connectivity index (χ2n) is 4.76. The van der Waals surface area contributed by atoms with Crippen molar-refractivity contribution in [3.63, 3.8) is 0 Å². The summed E-state index contributed by atoms with van der Waals surface area (Å²) in [6, 6.07) is 6.24. The van der Waals surface area contributed by atoms with Crippen LogP contribution in [0, 0.1) is 0 Å². The van der Waals surface area contributed by atoms with Crippen LogP contribution in [-0.4, -0.2) is 52.6 Å². The fourth-order valence-electron chi connectivity index (χ4n) is 2.34. The van der Waals surface area contributed by atoms with Crippen LogP contribution in [-0.2, 0) is 6.67 Å². The lowest BCUT2D eigenvalue weighted by Crippen LogP contribution is -2.44. The van der Waals surface area contributed by atoms with Crippen LogP contribution in [0.4, 0.5) is 0 Å². The number of rotatable bonds is 2. The van der Waals surface area contributed by atoms with Gasteiger partial charge in [-0.2, -0.15) is 0 Å². The minimum absolute atomic E-state index is 0.953. The number of piperazine rings is 1. The van der Waals surface area contributed by atoms with Crippen molar-refractivity contribution >= 4 is 11.0 Å². The summed E-state index contributed by atoms with van der Waals surface area (Å²) in [7, 11) is 2.18. The van der Waals surface area contributed by atoms with Gasteiger partial charge in [0.2, 0.25) is 0 Å². The Bertz CT molecular complexity index is 497.